The highest BCUT2D eigenvalue weighted by Gasteiger charge is 2.23. The van der Waals surface area contributed by atoms with E-state index in [1.54, 1.807) is 23.9 Å². The first-order valence-corrected chi connectivity index (χ1v) is 7.10. The highest BCUT2D eigenvalue weighted by Crippen LogP contribution is 2.25. The molecule has 6 nitrogen and oxygen atoms in total. The maximum absolute atomic E-state index is 12.0. The quantitative estimate of drug-likeness (QED) is 0.648. The molecular weight excluding hydrogens is 266 g/mol. The van der Waals surface area contributed by atoms with Gasteiger partial charge in [-0.1, -0.05) is 6.07 Å². The molecular formula is C12H15N3O3S. The van der Waals surface area contributed by atoms with E-state index in [1.807, 2.05) is 6.92 Å². The number of amides is 1. The Bertz CT molecular complexity index is 501. The van der Waals surface area contributed by atoms with Crippen molar-refractivity contribution in [1.82, 2.24) is 5.32 Å². The average Bonchev–Trinajstić information content (AvgIpc) is 2.39. The first kappa shape index (κ1) is 13.8. The molecule has 2 rings (SSSR count). The van der Waals surface area contributed by atoms with E-state index in [0.29, 0.717) is 5.75 Å². The van der Waals surface area contributed by atoms with Crippen molar-refractivity contribution < 1.29 is 9.72 Å². The number of nitro groups is 1. The SMILES string of the molecule is Cc1ccc([N+](=O)[O-])c(NC(=O)C2CSCCN2)c1. The lowest BCUT2D eigenvalue weighted by molar-refractivity contribution is -0.383. The van der Waals surface area contributed by atoms with Crippen LogP contribution >= 0.6 is 11.8 Å². The standard InChI is InChI=1S/C12H15N3O3S/c1-8-2-3-11(15(17)18)9(6-8)14-12(16)10-7-19-5-4-13-10/h2-3,6,10,13H,4-5,7H2,1H3,(H,14,16). The second-order valence-electron chi connectivity index (χ2n) is 4.35. The number of nitrogens with one attached hydrogen (secondary N) is 2. The fourth-order valence-electron chi connectivity index (χ4n) is 1.86. The fraction of sp³-hybridized carbons (Fsp3) is 0.417. The van der Waals surface area contributed by atoms with Crippen molar-refractivity contribution in [1.29, 1.82) is 0 Å². The van der Waals surface area contributed by atoms with Crippen LogP contribution in [0.3, 0.4) is 0 Å². The fourth-order valence-corrected chi connectivity index (χ4v) is 2.80. The molecule has 1 aromatic rings. The van der Waals surface area contributed by atoms with Crippen LogP contribution in [0.5, 0.6) is 0 Å². The Morgan fingerprint density at radius 3 is 3.00 bits per heavy atom. The molecule has 0 spiro atoms. The van der Waals surface area contributed by atoms with Crippen LogP contribution in [-0.2, 0) is 4.79 Å². The predicted octanol–water partition coefficient (Wildman–Crippen LogP) is 1.55. The maximum atomic E-state index is 12.0. The Balaban J connectivity index is 2.15. The molecule has 7 heteroatoms. The van der Waals surface area contributed by atoms with Crippen LogP contribution < -0.4 is 10.6 Å². The van der Waals surface area contributed by atoms with Crippen LogP contribution in [0.4, 0.5) is 11.4 Å². The molecule has 1 fully saturated rings. The zero-order chi connectivity index (χ0) is 13.8. The Labute approximate surface area is 115 Å². The largest absolute Gasteiger partial charge is 0.319 e. The van der Waals surface area contributed by atoms with Crippen LogP contribution in [0.2, 0.25) is 0 Å². The molecule has 1 heterocycles. The molecule has 0 aromatic heterocycles. The van der Waals surface area contributed by atoms with E-state index in [9.17, 15) is 14.9 Å². The summed E-state index contributed by atoms with van der Waals surface area (Å²) >= 11 is 1.70. The number of nitro benzene ring substituents is 1. The normalized spacial score (nSPS) is 18.9. The molecule has 0 radical (unpaired) electrons. The zero-order valence-corrected chi connectivity index (χ0v) is 11.3. The van der Waals surface area contributed by atoms with Gasteiger partial charge in [-0.15, -0.1) is 0 Å². The van der Waals surface area contributed by atoms with Gasteiger partial charge in [-0.2, -0.15) is 11.8 Å². The van der Waals surface area contributed by atoms with E-state index < -0.39 is 4.92 Å². The summed E-state index contributed by atoms with van der Waals surface area (Å²) in [5.74, 6) is 1.45. The first-order valence-electron chi connectivity index (χ1n) is 5.95. The minimum Gasteiger partial charge on any atom is -0.319 e. The zero-order valence-electron chi connectivity index (χ0n) is 10.5. The summed E-state index contributed by atoms with van der Waals surface area (Å²) < 4.78 is 0. The number of hydrogen-bond donors (Lipinski definition) is 2. The summed E-state index contributed by atoms with van der Waals surface area (Å²) in [6.45, 7) is 2.60. The lowest BCUT2D eigenvalue weighted by Gasteiger charge is -2.22. The van der Waals surface area contributed by atoms with Crippen molar-refractivity contribution in [2.24, 2.45) is 0 Å². The second-order valence-corrected chi connectivity index (χ2v) is 5.50. The highest BCUT2D eigenvalue weighted by molar-refractivity contribution is 7.99. The Kier molecular flexibility index (Phi) is 4.39. The summed E-state index contributed by atoms with van der Waals surface area (Å²) in [4.78, 5) is 22.5. The molecule has 0 aliphatic carbocycles. The van der Waals surface area contributed by atoms with Gasteiger partial charge < -0.3 is 10.6 Å². The van der Waals surface area contributed by atoms with Gasteiger partial charge in [0.05, 0.1) is 11.0 Å². The van der Waals surface area contributed by atoms with E-state index in [0.717, 1.165) is 17.9 Å². The number of benzene rings is 1. The Morgan fingerprint density at radius 1 is 1.58 bits per heavy atom. The van der Waals surface area contributed by atoms with Crippen molar-refractivity contribution >= 4 is 29.0 Å². The number of carbonyl (C=O) groups is 1. The van der Waals surface area contributed by atoms with Gasteiger partial charge in [0, 0.05) is 24.1 Å². The van der Waals surface area contributed by atoms with E-state index in [4.69, 9.17) is 0 Å². The topological polar surface area (TPSA) is 84.3 Å². The van der Waals surface area contributed by atoms with Gasteiger partial charge in [-0.3, -0.25) is 14.9 Å². The van der Waals surface area contributed by atoms with Crippen LogP contribution in [0.1, 0.15) is 5.56 Å². The lowest BCUT2D eigenvalue weighted by atomic mass is 10.2. The molecule has 19 heavy (non-hydrogen) atoms. The third kappa shape index (κ3) is 3.45. The van der Waals surface area contributed by atoms with Gasteiger partial charge >= 0.3 is 0 Å². The second kappa shape index (κ2) is 6.03. The molecule has 1 aromatic carbocycles. The molecule has 1 saturated heterocycles. The summed E-state index contributed by atoms with van der Waals surface area (Å²) in [6.07, 6.45) is 0. The van der Waals surface area contributed by atoms with E-state index in [1.165, 1.54) is 6.07 Å². The van der Waals surface area contributed by atoms with Crippen molar-refractivity contribution in [2.75, 3.05) is 23.4 Å². The lowest BCUT2D eigenvalue weighted by Crippen LogP contribution is -2.46. The third-order valence-electron chi connectivity index (χ3n) is 2.84. The molecule has 1 atom stereocenters. The number of aryl methyl sites for hydroxylation is 1. The number of rotatable bonds is 3. The van der Waals surface area contributed by atoms with Gasteiger partial charge in [0.25, 0.3) is 5.69 Å². The molecule has 102 valence electrons. The molecule has 1 amide bonds. The average molecular weight is 281 g/mol. The Morgan fingerprint density at radius 2 is 2.37 bits per heavy atom. The number of carbonyl (C=O) groups excluding carboxylic acids is 1. The monoisotopic (exact) mass is 281 g/mol. The van der Waals surface area contributed by atoms with Gasteiger partial charge in [0.15, 0.2) is 0 Å². The van der Waals surface area contributed by atoms with Gasteiger partial charge in [0.2, 0.25) is 5.91 Å². The van der Waals surface area contributed by atoms with E-state index in [-0.39, 0.29) is 23.3 Å². The number of nitrogens with zero attached hydrogens (tertiary/aromatic N) is 1. The Hall–Kier alpha value is -1.60. The van der Waals surface area contributed by atoms with Gasteiger partial charge in [-0.25, -0.2) is 0 Å². The molecule has 0 saturated carbocycles. The van der Waals surface area contributed by atoms with Crippen LogP contribution in [0.25, 0.3) is 0 Å². The molecule has 2 N–H and O–H groups in total. The molecule has 0 bridgehead atoms. The molecule has 1 unspecified atom stereocenters. The van der Waals surface area contributed by atoms with Gasteiger partial charge in [-0.05, 0) is 18.6 Å². The van der Waals surface area contributed by atoms with E-state index >= 15 is 0 Å². The van der Waals surface area contributed by atoms with Crippen LogP contribution in [0.15, 0.2) is 18.2 Å². The third-order valence-corrected chi connectivity index (χ3v) is 3.91. The van der Waals surface area contributed by atoms with Crippen LogP contribution in [0, 0.1) is 17.0 Å². The minimum atomic E-state index is -0.488. The first-order chi connectivity index (χ1) is 9.08. The number of hydrogen-bond acceptors (Lipinski definition) is 5. The maximum Gasteiger partial charge on any atom is 0.292 e. The summed E-state index contributed by atoms with van der Waals surface area (Å²) in [5, 5.41) is 16.7. The van der Waals surface area contributed by atoms with Gasteiger partial charge in [0.1, 0.15) is 5.69 Å². The van der Waals surface area contributed by atoms with Crippen molar-refractivity contribution in [3.8, 4) is 0 Å². The summed E-state index contributed by atoms with van der Waals surface area (Å²) in [6, 6.07) is 4.39. The highest BCUT2D eigenvalue weighted by atomic mass is 32.2. The van der Waals surface area contributed by atoms with Crippen molar-refractivity contribution in [3.05, 3.63) is 33.9 Å². The van der Waals surface area contributed by atoms with Crippen LogP contribution in [-0.4, -0.2) is 34.9 Å². The smallest absolute Gasteiger partial charge is 0.292 e. The van der Waals surface area contributed by atoms with Crippen molar-refractivity contribution in [2.45, 2.75) is 13.0 Å². The number of thioether (sulfide) groups is 1. The van der Waals surface area contributed by atoms with Crippen molar-refractivity contribution in [3.63, 3.8) is 0 Å². The summed E-state index contributed by atoms with van der Waals surface area (Å²) in [5.41, 5.74) is 1.04. The molecule has 1 aliphatic heterocycles. The molecule has 1 aliphatic rings. The summed E-state index contributed by atoms with van der Waals surface area (Å²) in [7, 11) is 0. The number of anilines is 1. The van der Waals surface area contributed by atoms with E-state index in [2.05, 4.69) is 10.6 Å². The minimum absolute atomic E-state index is 0.0811. The predicted molar refractivity (Wildman–Crippen MR) is 75.6 cm³/mol.